The second-order valence-corrected chi connectivity index (χ2v) is 5.02. The Labute approximate surface area is 116 Å². The van der Waals surface area contributed by atoms with E-state index in [0.29, 0.717) is 5.56 Å². The van der Waals surface area contributed by atoms with Crippen LogP contribution in [-0.4, -0.2) is 29.6 Å². The first kappa shape index (κ1) is 12.5. The summed E-state index contributed by atoms with van der Waals surface area (Å²) in [6.45, 7) is 1.51. The average Bonchev–Trinajstić information content (AvgIpc) is 2.40. The van der Waals surface area contributed by atoms with Crippen molar-refractivity contribution in [3.8, 4) is 11.5 Å². The van der Waals surface area contributed by atoms with E-state index in [1.807, 2.05) is 18.2 Å². The lowest BCUT2D eigenvalue weighted by atomic mass is 9.89. The summed E-state index contributed by atoms with van der Waals surface area (Å²) in [5.74, 6) is 0.405. The molecular formula is C16H15NO3. The summed E-state index contributed by atoms with van der Waals surface area (Å²) in [6.07, 6.45) is 0.862. The quantitative estimate of drug-likeness (QED) is 0.840. The van der Waals surface area contributed by atoms with Gasteiger partial charge in [-0.25, -0.2) is 0 Å². The summed E-state index contributed by atoms with van der Waals surface area (Å²) in [6, 6.07) is 12.2. The Hall–Kier alpha value is -2.49. The number of hydrogen-bond donors (Lipinski definition) is 2. The van der Waals surface area contributed by atoms with E-state index in [9.17, 15) is 15.0 Å². The maximum absolute atomic E-state index is 11.0. The van der Waals surface area contributed by atoms with E-state index in [4.69, 9.17) is 0 Å². The molecule has 0 spiro atoms. The molecule has 1 aliphatic rings. The fourth-order valence-electron chi connectivity index (χ4n) is 2.62. The molecule has 0 aromatic heterocycles. The number of rotatable bonds is 3. The standard InChI is InChI=1S/C16H15NO3/c18-10-11-3-1-2-4-15(11)17-8-12(9-17)14-6-5-13(19)7-16(14)20/h1-7,10,12,19-20H,8-9H2. The summed E-state index contributed by atoms with van der Waals surface area (Å²) in [5, 5.41) is 19.1. The number of carbonyl (C=O) groups excluding carboxylic acids is 1. The van der Waals surface area contributed by atoms with E-state index in [1.54, 1.807) is 18.2 Å². The topological polar surface area (TPSA) is 60.8 Å². The van der Waals surface area contributed by atoms with E-state index in [0.717, 1.165) is 30.6 Å². The summed E-state index contributed by atoms with van der Waals surface area (Å²) in [7, 11) is 0. The van der Waals surface area contributed by atoms with Crippen LogP contribution in [0.1, 0.15) is 21.8 Å². The summed E-state index contributed by atoms with van der Waals surface area (Å²) in [4.78, 5) is 13.1. The maximum atomic E-state index is 11.0. The Morgan fingerprint density at radius 3 is 2.55 bits per heavy atom. The average molecular weight is 269 g/mol. The van der Waals surface area contributed by atoms with Gasteiger partial charge in [0.15, 0.2) is 6.29 Å². The first-order valence-electron chi connectivity index (χ1n) is 6.50. The molecule has 0 radical (unpaired) electrons. The van der Waals surface area contributed by atoms with Crippen molar-refractivity contribution in [3.63, 3.8) is 0 Å². The number of hydrogen-bond acceptors (Lipinski definition) is 4. The number of benzene rings is 2. The highest BCUT2D eigenvalue weighted by molar-refractivity contribution is 5.85. The highest BCUT2D eigenvalue weighted by atomic mass is 16.3. The number of carbonyl (C=O) groups is 1. The largest absolute Gasteiger partial charge is 0.508 e. The van der Waals surface area contributed by atoms with Gasteiger partial charge in [-0.15, -0.1) is 0 Å². The van der Waals surface area contributed by atoms with Gasteiger partial charge in [-0.3, -0.25) is 4.79 Å². The highest BCUT2D eigenvalue weighted by Crippen LogP contribution is 2.37. The number of phenolic OH excluding ortho intramolecular Hbond substituents is 2. The third kappa shape index (κ3) is 2.09. The second kappa shape index (κ2) is 4.89. The van der Waals surface area contributed by atoms with Crippen molar-refractivity contribution in [2.24, 2.45) is 0 Å². The van der Waals surface area contributed by atoms with Gasteiger partial charge in [0, 0.05) is 41.9 Å². The summed E-state index contributed by atoms with van der Waals surface area (Å²) < 4.78 is 0. The van der Waals surface area contributed by atoms with Gasteiger partial charge < -0.3 is 15.1 Å². The van der Waals surface area contributed by atoms with Crippen molar-refractivity contribution in [1.82, 2.24) is 0 Å². The van der Waals surface area contributed by atoms with Gasteiger partial charge in [-0.05, 0) is 18.2 Å². The normalized spacial score (nSPS) is 14.9. The lowest BCUT2D eigenvalue weighted by Crippen LogP contribution is -2.45. The molecule has 0 unspecified atom stereocenters. The van der Waals surface area contributed by atoms with Crippen molar-refractivity contribution < 1.29 is 15.0 Å². The molecule has 1 saturated heterocycles. The predicted molar refractivity (Wildman–Crippen MR) is 76.6 cm³/mol. The van der Waals surface area contributed by atoms with Gasteiger partial charge in [0.05, 0.1) is 0 Å². The van der Waals surface area contributed by atoms with E-state index in [1.165, 1.54) is 6.07 Å². The molecule has 0 atom stereocenters. The fraction of sp³-hybridized carbons (Fsp3) is 0.188. The third-order valence-corrected chi connectivity index (χ3v) is 3.74. The minimum Gasteiger partial charge on any atom is -0.508 e. The zero-order valence-electron chi connectivity index (χ0n) is 10.9. The fourth-order valence-corrected chi connectivity index (χ4v) is 2.62. The maximum Gasteiger partial charge on any atom is 0.152 e. The van der Waals surface area contributed by atoms with Gasteiger partial charge in [-0.1, -0.05) is 18.2 Å². The molecule has 0 bridgehead atoms. The Balaban J connectivity index is 1.77. The van der Waals surface area contributed by atoms with Crippen LogP contribution in [0.3, 0.4) is 0 Å². The molecule has 0 aliphatic carbocycles. The van der Waals surface area contributed by atoms with Crippen LogP contribution >= 0.6 is 0 Å². The smallest absolute Gasteiger partial charge is 0.152 e. The van der Waals surface area contributed by atoms with Crippen molar-refractivity contribution in [1.29, 1.82) is 0 Å². The Morgan fingerprint density at radius 1 is 1.10 bits per heavy atom. The van der Waals surface area contributed by atoms with Gasteiger partial charge >= 0.3 is 0 Å². The van der Waals surface area contributed by atoms with E-state index < -0.39 is 0 Å². The molecule has 4 nitrogen and oxygen atoms in total. The first-order chi connectivity index (χ1) is 9.69. The minimum atomic E-state index is 0.0636. The van der Waals surface area contributed by atoms with Crippen LogP contribution in [0.2, 0.25) is 0 Å². The van der Waals surface area contributed by atoms with Crippen LogP contribution < -0.4 is 4.90 Å². The van der Waals surface area contributed by atoms with Crippen molar-refractivity contribution >= 4 is 12.0 Å². The second-order valence-electron chi connectivity index (χ2n) is 5.02. The Bertz CT molecular complexity index is 648. The minimum absolute atomic E-state index is 0.0636. The molecule has 2 aromatic carbocycles. The van der Waals surface area contributed by atoms with Crippen molar-refractivity contribution in [2.75, 3.05) is 18.0 Å². The van der Waals surface area contributed by atoms with Crippen LogP contribution in [0, 0.1) is 0 Å². The molecular weight excluding hydrogens is 254 g/mol. The molecule has 3 rings (SSSR count). The molecule has 0 saturated carbocycles. The SMILES string of the molecule is O=Cc1ccccc1N1CC(c2ccc(O)cc2O)C1. The highest BCUT2D eigenvalue weighted by Gasteiger charge is 2.31. The van der Waals surface area contributed by atoms with Crippen LogP contribution in [0.5, 0.6) is 11.5 Å². The van der Waals surface area contributed by atoms with E-state index in [-0.39, 0.29) is 17.4 Å². The van der Waals surface area contributed by atoms with E-state index in [2.05, 4.69) is 4.90 Å². The lowest BCUT2D eigenvalue weighted by molar-refractivity contribution is 0.112. The number of para-hydroxylation sites is 1. The first-order valence-corrected chi connectivity index (χ1v) is 6.50. The third-order valence-electron chi connectivity index (χ3n) is 3.74. The predicted octanol–water partition coefficient (Wildman–Crippen LogP) is 2.51. The van der Waals surface area contributed by atoms with Gasteiger partial charge in [0.25, 0.3) is 0 Å². The molecule has 4 heteroatoms. The van der Waals surface area contributed by atoms with Crippen molar-refractivity contribution in [3.05, 3.63) is 53.6 Å². The van der Waals surface area contributed by atoms with Crippen LogP contribution in [0.25, 0.3) is 0 Å². The zero-order valence-corrected chi connectivity index (χ0v) is 10.9. The molecule has 2 aromatic rings. The van der Waals surface area contributed by atoms with Crippen molar-refractivity contribution in [2.45, 2.75) is 5.92 Å². The van der Waals surface area contributed by atoms with Gasteiger partial charge in [-0.2, -0.15) is 0 Å². The number of nitrogens with zero attached hydrogens (tertiary/aromatic N) is 1. The number of phenols is 2. The Morgan fingerprint density at radius 2 is 1.85 bits per heavy atom. The molecule has 2 N–H and O–H groups in total. The van der Waals surface area contributed by atoms with Crippen LogP contribution in [0.4, 0.5) is 5.69 Å². The summed E-state index contributed by atoms with van der Waals surface area (Å²) in [5.41, 5.74) is 2.44. The van der Waals surface area contributed by atoms with Gasteiger partial charge in [0.1, 0.15) is 11.5 Å². The number of aldehydes is 1. The monoisotopic (exact) mass is 269 g/mol. The molecule has 1 aliphatic heterocycles. The Kier molecular flexibility index (Phi) is 3.06. The van der Waals surface area contributed by atoms with Crippen LogP contribution in [-0.2, 0) is 0 Å². The lowest BCUT2D eigenvalue weighted by Gasteiger charge is -2.42. The molecule has 1 fully saturated rings. The summed E-state index contributed by atoms with van der Waals surface area (Å²) >= 11 is 0. The molecule has 102 valence electrons. The van der Waals surface area contributed by atoms with E-state index >= 15 is 0 Å². The van der Waals surface area contributed by atoms with Crippen LogP contribution in [0.15, 0.2) is 42.5 Å². The number of aromatic hydroxyl groups is 2. The zero-order chi connectivity index (χ0) is 14.1. The molecule has 20 heavy (non-hydrogen) atoms. The van der Waals surface area contributed by atoms with Gasteiger partial charge in [0.2, 0.25) is 0 Å². The number of anilines is 1. The molecule has 1 heterocycles. The molecule has 0 amide bonds.